The van der Waals surface area contributed by atoms with Gasteiger partial charge in [-0.15, -0.1) is 0 Å². The number of pyridine rings is 1. The smallest absolute Gasteiger partial charge is 0.159 e. The number of nitrogens with zero attached hydrogens (tertiary/aromatic N) is 3. The van der Waals surface area contributed by atoms with Crippen LogP contribution in [-0.2, 0) is 6.61 Å². The van der Waals surface area contributed by atoms with Crippen molar-refractivity contribution in [1.82, 2.24) is 15.0 Å². The van der Waals surface area contributed by atoms with Gasteiger partial charge in [-0.05, 0) is 50.2 Å². The fourth-order valence-electron chi connectivity index (χ4n) is 2.21. The lowest BCUT2D eigenvalue weighted by molar-refractivity contribution is 0.306. The summed E-state index contributed by atoms with van der Waals surface area (Å²) >= 11 is 0. The first-order valence-corrected chi connectivity index (χ1v) is 7.15. The second kappa shape index (κ2) is 6.35. The molecule has 0 amide bonds. The third-order valence-electron chi connectivity index (χ3n) is 3.22. The van der Waals surface area contributed by atoms with Crippen LogP contribution in [0.3, 0.4) is 0 Å². The molecule has 2 aromatic heterocycles. The number of hydrogen-bond donors (Lipinski definition) is 0. The molecule has 0 fully saturated rings. The van der Waals surface area contributed by atoms with E-state index >= 15 is 0 Å². The summed E-state index contributed by atoms with van der Waals surface area (Å²) in [5.74, 6) is 1.56. The normalized spacial score (nSPS) is 10.5. The SMILES string of the molecule is Cc1cc(C)nc(-c2ccc(OCc3cccnc3)cc2)n1. The maximum Gasteiger partial charge on any atom is 0.159 e. The zero-order valence-corrected chi connectivity index (χ0v) is 12.7. The van der Waals surface area contributed by atoms with Crippen LogP contribution in [-0.4, -0.2) is 15.0 Å². The zero-order chi connectivity index (χ0) is 15.4. The number of aromatic nitrogens is 3. The average Bonchev–Trinajstić information content (AvgIpc) is 2.53. The van der Waals surface area contributed by atoms with Gasteiger partial charge in [-0.1, -0.05) is 6.07 Å². The highest BCUT2D eigenvalue weighted by Crippen LogP contribution is 2.20. The van der Waals surface area contributed by atoms with Crippen LogP contribution in [0.2, 0.25) is 0 Å². The largest absolute Gasteiger partial charge is 0.489 e. The summed E-state index contributed by atoms with van der Waals surface area (Å²) in [5, 5.41) is 0. The van der Waals surface area contributed by atoms with E-state index in [1.165, 1.54) is 0 Å². The minimum atomic E-state index is 0.507. The predicted octanol–water partition coefficient (Wildman–Crippen LogP) is 3.73. The Morgan fingerprint density at radius 2 is 1.68 bits per heavy atom. The fraction of sp³-hybridized carbons (Fsp3) is 0.167. The Morgan fingerprint density at radius 3 is 2.32 bits per heavy atom. The van der Waals surface area contributed by atoms with Gasteiger partial charge >= 0.3 is 0 Å². The van der Waals surface area contributed by atoms with E-state index < -0.39 is 0 Å². The monoisotopic (exact) mass is 291 g/mol. The summed E-state index contributed by atoms with van der Waals surface area (Å²) < 4.78 is 5.75. The molecule has 0 aliphatic heterocycles. The van der Waals surface area contributed by atoms with Crippen molar-refractivity contribution in [2.75, 3.05) is 0 Å². The van der Waals surface area contributed by atoms with Crippen LogP contribution in [0, 0.1) is 13.8 Å². The molecule has 0 aliphatic carbocycles. The van der Waals surface area contributed by atoms with E-state index in [1.54, 1.807) is 12.4 Å². The van der Waals surface area contributed by atoms with Gasteiger partial charge in [-0.2, -0.15) is 0 Å². The van der Waals surface area contributed by atoms with Gasteiger partial charge in [0.25, 0.3) is 0 Å². The van der Waals surface area contributed by atoms with Crippen LogP contribution < -0.4 is 4.74 Å². The zero-order valence-electron chi connectivity index (χ0n) is 12.7. The maximum absolute atomic E-state index is 5.75. The summed E-state index contributed by atoms with van der Waals surface area (Å²) in [7, 11) is 0. The van der Waals surface area contributed by atoms with E-state index in [0.717, 1.165) is 34.1 Å². The van der Waals surface area contributed by atoms with Crippen molar-refractivity contribution >= 4 is 0 Å². The molecule has 4 nitrogen and oxygen atoms in total. The lowest BCUT2D eigenvalue weighted by Crippen LogP contribution is -1.96. The second-order valence-corrected chi connectivity index (χ2v) is 5.15. The maximum atomic E-state index is 5.75. The van der Waals surface area contributed by atoms with Gasteiger partial charge in [-0.3, -0.25) is 4.98 Å². The molecule has 0 saturated heterocycles. The molecule has 1 aromatic carbocycles. The molecule has 3 rings (SSSR count). The van der Waals surface area contributed by atoms with Gasteiger partial charge in [0, 0.05) is 34.9 Å². The highest BCUT2D eigenvalue weighted by molar-refractivity contribution is 5.56. The Bertz CT molecular complexity index is 735. The van der Waals surface area contributed by atoms with E-state index in [4.69, 9.17) is 4.74 Å². The molecule has 0 atom stereocenters. The molecule has 0 N–H and O–H groups in total. The first-order valence-electron chi connectivity index (χ1n) is 7.15. The molecule has 0 spiro atoms. The molecule has 0 aliphatic rings. The molecule has 0 bridgehead atoms. The summed E-state index contributed by atoms with van der Waals surface area (Å²) in [6, 6.07) is 13.7. The van der Waals surface area contributed by atoms with E-state index in [1.807, 2.05) is 56.3 Å². The Kier molecular flexibility index (Phi) is 4.10. The third kappa shape index (κ3) is 3.47. The minimum absolute atomic E-state index is 0.507. The van der Waals surface area contributed by atoms with Crippen molar-refractivity contribution in [2.45, 2.75) is 20.5 Å². The summed E-state index contributed by atoms with van der Waals surface area (Å²) in [6.45, 7) is 4.46. The van der Waals surface area contributed by atoms with Crippen molar-refractivity contribution in [3.8, 4) is 17.1 Å². The number of hydrogen-bond acceptors (Lipinski definition) is 4. The standard InChI is InChI=1S/C18H17N3O/c1-13-10-14(2)21-18(20-13)16-5-7-17(8-6-16)22-12-15-4-3-9-19-11-15/h3-11H,12H2,1-2H3. The van der Waals surface area contributed by atoms with Gasteiger partial charge in [-0.25, -0.2) is 9.97 Å². The van der Waals surface area contributed by atoms with Gasteiger partial charge in [0.1, 0.15) is 12.4 Å². The highest BCUT2D eigenvalue weighted by Gasteiger charge is 2.04. The minimum Gasteiger partial charge on any atom is -0.489 e. The Hall–Kier alpha value is -2.75. The molecule has 0 saturated carbocycles. The Balaban J connectivity index is 1.72. The first kappa shape index (κ1) is 14.2. The van der Waals surface area contributed by atoms with Gasteiger partial charge < -0.3 is 4.74 Å². The fourth-order valence-corrected chi connectivity index (χ4v) is 2.21. The second-order valence-electron chi connectivity index (χ2n) is 5.15. The lowest BCUT2D eigenvalue weighted by atomic mass is 10.2. The molecular formula is C18H17N3O. The van der Waals surface area contributed by atoms with E-state index in [2.05, 4.69) is 15.0 Å². The van der Waals surface area contributed by atoms with Crippen molar-refractivity contribution in [2.24, 2.45) is 0 Å². The molecule has 0 radical (unpaired) electrons. The summed E-state index contributed by atoms with van der Waals surface area (Å²) in [4.78, 5) is 13.0. The summed E-state index contributed by atoms with van der Waals surface area (Å²) in [5.41, 5.74) is 3.98. The molecule has 4 heteroatoms. The van der Waals surface area contributed by atoms with Crippen LogP contribution in [0.4, 0.5) is 0 Å². The van der Waals surface area contributed by atoms with Gasteiger partial charge in [0.15, 0.2) is 5.82 Å². The van der Waals surface area contributed by atoms with E-state index in [0.29, 0.717) is 6.61 Å². The Labute approximate surface area is 129 Å². The number of benzene rings is 1. The van der Waals surface area contributed by atoms with Gasteiger partial charge in [0.2, 0.25) is 0 Å². The molecule has 2 heterocycles. The van der Waals surface area contributed by atoms with Crippen LogP contribution >= 0.6 is 0 Å². The molecule has 110 valence electrons. The van der Waals surface area contributed by atoms with Crippen LogP contribution in [0.5, 0.6) is 5.75 Å². The molecular weight excluding hydrogens is 274 g/mol. The summed E-state index contributed by atoms with van der Waals surface area (Å²) in [6.07, 6.45) is 3.56. The average molecular weight is 291 g/mol. The number of aryl methyl sites for hydroxylation is 2. The molecule has 22 heavy (non-hydrogen) atoms. The highest BCUT2D eigenvalue weighted by atomic mass is 16.5. The van der Waals surface area contributed by atoms with Crippen LogP contribution in [0.1, 0.15) is 17.0 Å². The first-order chi connectivity index (χ1) is 10.7. The lowest BCUT2D eigenvalue weighted by Gasteiger charge is -2.07. The number of rotatable bonds is 4. The van der Waals surface area contributed by atoms with Crippen LogP contribution in [0.25, 0.3) is 11.4 Å². The van der Waals surface area contributed by atoms with Gasteiger partial charge in [0.05, 0.1) is 0 Å². The van der Waals surface area contributed by atoms with Crippen molar-refractivity contribution in [1.29, 1.82) is 0 Å². The van der Waals surface area contributed by atoms with Crippen molar-refractivity contribution in [3.63, 3.8) is 0 Å². The van der Waals surface area contributed by atoms with Crippen molar-refractivity contribution in [3.05, 3.63) is 71.8 Å². The Morgan fingerprint density at radius 1 is 0.955 bits per heavy atom. The predicted molar refractivity (Wildman–Crippen MR) is 85.5 cm³/mol. The molecule has 0 unspecified atom stereocenters. The molecule has 3 aromatic rings. The van der Waals surface area contributed by atoms with Crippen molar-refractivity contribution < 1.29 is 4.74 Å². The third-order valence-corrected chi connectivity index (χ3v) is 3.22. The van der Waals surface area contributed by atoms with Crippen LogP contribution in [0.15, 0.2) is 54.9 Å². The van der Waals surface area contributed by atoms with E-state index in [-0.39, 0.29) is 0 Å². The number of ether oxygens (including phenoxy) is 1. The van der Waals surface area contributed by atoms with E-state index in [9.17, 15) is 0 Å². The quantitative estimate of drug-likeness (QED) is 0.734. The topological polar surface area (TPSA) is 47.9 Å².